The lowest BCUT2D eigenvalue weighted by molar-refractivity contribution is -0.142. The van der Waals surface area contributed by atoms with Crippen molar-refractivity contribution in [1.82, 2.24) is 4.90 Å². The average Bonchev–Trinajstić information content (AvgIpc) is 3.22. The highest BCUT2D eigenvalue weighted by molar-refractivity contribution is 5.69. The van der Waals surface area contributed by atoms with Gasteiger partial charge in [0.1, 0.15) is 0 Å². The van der Waals surface area contributed by atoms with Gasteiger partial charge < -0.3 is 10.0 Å². The Morgan fingerprint density at radius 3 is 0.931 bits per heavy atom. The summed E-state index contributed by atoms with van der Waals surface area (Å²) in [5.41, 5.74) is 0. The van der Waals surface area contributed by atoms with Gasteiger partial charge in [0.15, 0.2) is 0 Å². The molecule has 340 valence electrons. The minimum atomic E-state index is -0.566. The van der Waals surface area contributed by atoms with Crippen molar-refractivity contribution < 1.29 is 9.90 Å². The van der Waals surface area contributed by atoms with E-state index in [2.05, 4.69) is 74.4 Å². The van der Waals surface area contributed by atoms with Gasteiger partial charge in [-0.05, 0) is 110 Å². The number of carboxylic acid groups (broad SMARTS) is 1. The SMILES string of the molecule is CCCCCC=CCC=CCCCCCCCCC(CCCCCCCCCCCCCCCCN(C)CCCCCCCCC=CCC=CCCCCC)C(=O)O. The van der Waals surface area contributed by atoms with Crippen LogP contribution in [0.25, 0.3) is 0 Å². The van der Waals surface area contributed by atoms with E-state index in [1.54, 1.807) is 0 Å². The van der Waals surface area contributed by atoms with Crippen LogP contribution in [0.2, 0.25) is 0 Å². The molecule has 1 N–H and O–H groups in total. The summed E-state index contributed by atoms with van der Waals surface area (Å²) in [7, 11) is 2.32. The first-order chi connectivity index (χ1) is 28.6. The molecular formula is C55H103NO2. The van der Waals surface area contributed by atoms with E-state index in [4.69, 9.17) is 0 Å². The molecule has 0 aromatic rings. The second-order valence-electron chi connectivity index (χ2n) is 18.0. The molecule has 0 aliphatic carbocycles. The number of carbonyl (C=O) groups is 1. The third-order valence-corrected chi connectivity index (χ3v) is 12.2. The highest BCUT2D eigenvalue weighted by Crippen LogP contribution is 2.20. The predicted molar refractivity (Wildman–Crippen MR) is 261 cm³/mol. The normalized spacial score (nSPS) is 12.8. The summed E-state index contributed by atoms with van der Waals surface area (Å²) in [6.07, 6.45) is 70.2. The zero-order valence-corrected chi connectivity index (χ0v) is 39.7. The molecule has 0 saturated heterocycles. The summed E-state index contributed by atoms with van der Waals surface area (Å²) in [4.78, 5) is 14.4. The Morgan fingerprint density at radius 1 is 0.379 bits per heavy atom. The van der Waals surface area contributed by atoms with Crippen molar-refractivity contribution in [2.45, 2.75) is 271 Å². The molecule has 0 aliphatic heterocycles. The van der Waals surface area contributed by atoms with E-state index in [-0.39, 0.29) is 5.92 Å². The number of carboxylic acids is 1. The maximum Gasteiger partial charge on any atom is 0.306 e. The van der Waals surface area contributed by atoms with Gasteiger partial charge in [0, 0.05) is 0 Å². The Hall–Kier alpha value is -1.61. The van der Waals surface area contributed by atoms with Gasteiger partial charge in [-0.1, -0.05) is 229 Å². The van der Waals surface area contributed by atoms with Crippen LogP contribution in [-0.2, 0) is 4.79 Å². The quantitative estimate of drug-likeness (QED) is 0.0492. The van der Waals surface area contributed by atoms with E-state index in [1.165, 1.54) is 231 Å². The summed E-state index contributed by atoms with van der Waals surface area (Å²) in [5.74, 6) is -0.688. The van der Waals surface area contributed by atoms with E-state index >= 15 is 0 Å². The molecule has 0 rings (SSSR count). The third kappa shape index (κ3) is 47.1. The van der Waals surface area contributed by atoms with Gasteiger partial charge in [-0.15, -0.1) is 0 Å². The first kappa shape index (κ1) is 56.4. The maximum atomic E-state index is 11.8. The van der Waals surface area contributed by atoms with Crippen LogP contribution in [0.4, 0.5) is 0 Å². The number of allylic oxidation sites excluding steroid dienone is 8. The highest BCUT2D eigenvalue weighted by Gasteiger charge is 2.16. The van der Waals surface area contributed by atoms with Gasteiger partial charge in [-0.2, -0.15) is 0 Å². The van der Waals surface area contributed by atoms with Crippen LogP contribution < -0.4 is 0 Å². The van der Waals surface area contributed by atoms with Crippen LogP contribution in [0.3, 0.4) is 0 Å². The minimum absolute atomic E-state index is 0.122. The first-order valence-electron chi connectivity index (χ1n) is 26.1. The predicted octanol–water partition coefficient (Wildman–Crippen LogP) is 18.5. The van der Waals surface area contributed by atoms with Crippen LogP contribution >= 0.6 is 0 Å². The van der Waals surface area contributed by atoms with Crippen LogP contribution in [0, 0.1) is 5.92 Å². The van der Waals surface area contributed by atoms with Gasteiger partial charge in [-0.3, -0.25) is 4.79 Å². The second kappa shape index (κ2) is 49.8. The van der Waals surface area contributed by atoms with Crippen molar-refractivity contribution in [1.29, 1.82) is 0 Å². The molecule has 0 aromatic heterocycles. The van der Waals surface area contributed by atoms with Crippen LogP contribution in [0.1, 0.15) is 271 Å². The third-order valence-electron chi connectivity index (χ3n) is 12.2. The molecule has 0 radical (unpaired) electrons. The van der Waals surface area contributed by atoms with E-state index in [9.17, 15) is 9.90 Å². The second-order valence-corrected chi connectivity index (χ2v) is 18.0. The lowest BCUT2D eigenvalue weighted by Crippen LogP contribution is -2.20. The number of hydrogen-bond donors (Lipinski definition) is 1. The molecule has 0 fully saturated rings. The number of nitrogens with zero attached hydrogens (tertiary/aromatic N) is 1. The molecule has 0 aromatic carbocycles. The van der Waals surface area contributed by atoms with Gasteiger partial charge >= 0.3 is 5.97 Å². The lowest BCUT2D eigenvalue weighted by Gasteiger charge is -2.16. The van der Waals surface area contributed by atoms with Crippen molar-refractivity contribution in [3.05, 3.63) is 48.6 Å². The van der Waals surface area contributed by atoms with Crippen LogP contribution in [0.15, 0.2) is 48.6 Å². The Morgan fingerprint density at radius 2 is 0.638 bits per heavy atom. The van der Waals surface area contributed by atoms with Crippen LogP contribution in [0.5, 0.6) is 0 Å². The fraction of sp³-hybridized carbons (Fsp3) is 0.836. The molecule has 0 bridgehead atoms. The number of unbranched alkanes of at least 4 members (excludes halogenated alkanes) is 31. The Labute approximate surface area is 364 Å². The number of hydrogen-bond acceptors (Lipinski definition) is 2. The molecule has 1 atom stereocenters. The Balaban J connectivity index is 3.42. The molecule has 3 heteroatoms. The van der Waals surface area contributed by atoms with E-state index < -0.39 is 5.97 Å². The minimum Gasteiger partial charge on any atom is -0.481 e. The van der Waals surface area contributed by atoms with Crippen molar-refractivity contribution in [3.63, 3.8) is 0 Å². The van der Waals surface area contributed by atoms with Gasteiger partial charge in [0.25, 0.3) is 0 Å². The standard InChI is InChI=1S/C55H103NO2/c1-4-6-8-10-12-14-16-18-20-22-26-30-34-38-42-46-50-54(55(57)58)51-47-43-39-35-31-27-23-25-29-33-37-41-45-49-53-56(3)52-48-44-40-36-32-28-24-21-19-17-15-13-11-9-7-5-2/h12-15,18-21,54H,4-11,16-17,22-53H2,1-3H3,(H,57,58). The summed E-state index contributed by atoms with van der Waals surface area (Å²) < 4.78 is 0. The van der Waals surface area contributed by atoms with E-state index in [0.29, 0.717) is 0 Å². The molecule has 0 amide bonds. The highest BCUT2D eigenvalue weighted by atomic mass is 16.4. The maximum absolute atomic E-state index is 11.8. The fourth-order valence-electron chi connectivity index (χ4n) is 8.15. The summed E-state index contributed by atoms with van der Waals surface area (Å²) in [5, 5.41) is 9.71. The van der Waals surface area contributed by atoms with Gasteiger partial charge in [0.05, 0.1) is 5.92 Å². The van der Waals surface area contributed by atoms with Crippen molar-refractivity contribution >= 4 is 5.97 Å². The number of rotatable bonds is 48. The van der Waals surface area contributed by atoms with E-state index in [0.717, 1.165) is 38.5 Å². The molecule has 1 unspecified atom stereocenters. The van der Waals surface area contributed by atoms with Crippen LogP contribution in [-0.4, -0.2) is 36.1 Å². The lowest BCUT2D eigenvalue weighted by atomic mass is 9.94. The summed E-state index contributed by atoms with van der Waals surface area (Å²) in [6, 6.07) is 0. The fourth-order valence-corrected chi connectivity index (χ4v) is 8.15. The van der Waals surface area contributed by atoms with Gasteiger partial charge in [0.2, 0.25) is 0 Å². The van der Waals surface area contributed by atoms with Gasteiger partial charge in [-0.25, -0.2) is 0 Å². The molecule has 3 nitrogen and oxygen atoms in total. The smallest absolute Gasteiger partial charge is 0.306 e. The molecule has 0 saturated carbocycles. The Kier molecular flexibility index (Phi) is 48.4. The molecular weight excluding hydrogens is 707 g/mol. The summed E-state index contributed by atoms with van der Waals surface area (Å²) in [6.45, 7) is 7.08. The molecule has 0 spiro atoms. The first-order valence-corrected chi connectivity index (χ1v) is 26.1. The van der Waals surface area contributed by atoms with Crippen molar-refractivity contribution in [3.8, 4) is 0 Å². The molecule has 0 aliphatic rings. The summed E-state index contributed by atoms with van der Waals surface area (Å²) >= 11 is 0. The molecule has 58 heavy (non-hydrogen) atoms. The largest absolute Gasteiger partial charge is 0.481 e. The average molecular weight is 810 g/mol. The topological polar surface area (TPSA) is 40.5 Å². The monoisotopic (exact) mass is 810 g/mol. The van der Waals surface area contributed by atoms with E-state index in [1.807, 2.05) is 0 Å². The zero-order valence-electron chi connectivity index (χ0n) is 39.7. The zero-order chi connectivity index (χ0) is 42.1. The Bertz CT molecular complexity index is 919. The van der Waals surface area contributed by atoms with Crippen molar-refractivity contribution in [2.24, 2.45) is 5.92 Å². The number of aliphatic carboxylic acids is 1. The van der Waals surface area contributed by atoms with Crippen molar-refractivity contribution in [2.75, 3.05) is 20.1 Å². The molecule has 0 heterocycles.